The van der Waals surface area contributed by atoms with Crippen LogP contribution in [0.25, 0.3) is 11.5 Å². The number of benzene rings is 1. The van der Waals surface area contributed by atoms with Gasteiger partial charge in [0.2, 0.25) is 5.89 Å². The first-order valence-corrected chi connectivity index (χ1v) is 7.42. The molecule has 0 saturated heterocycles. The van der Waals surface area contributed by atoms with Crippen LogP contribution in [0.3, 0.4) is 0 Å². The average Bonchev–Trinajstić information content (AvgIpc) is 2.89. The molecule has 0 saturated carbocycles. The summed E-state index contributed by atoms with van der Waals surface area (Å²) in [5.41, 5.74) is 2.51. The molecule has 0 aliphatic heterocycles. The first kappa shape index (κ1) is 15.3. The van der Waals surface area contributed by atoms with E-state index < -0.39 is 0 Å². The third-order valence-corrected chi connectivity index (χ3v) is 3.61. The van der Waals surface area contributed by atoms with Crippen LogP contribution in [0.2, 0.25) is 0 Å². The Morgan fingerprint density at radius 2 is 1.95 bits per heavy atom. The van der Waals surface area contributed by atoms with Gasteiger partial charge in [-0.05, 0) is 44.4 Å². The Morgan fingerprint density at radius 1 is 1.29 bits per heavy atom. The van der Waals surface area contributed by atoms with Crippen molar-refractivity contribution < 1.29 is 9.21 Å². The number of aryl methyl sites for hydroxylation is 2. The van der Waals surface area contributed by atoms with E-state index in [1.165, 1.54) is 5.56 Å². The molecule has 1 aromatic carbocycles. The number of hydrogen-bond acceptors (Lipinski definition) is 3. The molecule has 0 fully saturated rings. The summed E-state index contributed by atoms with van der Waals surface area (Å²) in [7, 11) is 0. The molecular formula is C17H22N2O2. The predicted molar refractivity (Wildman–Crippen MR) is 83.3 cm³/mol. The molecule has 0 spiro atoms. The zero-order chi connectivity index (χ0) is 15.4. The summed E-state index contributed by atoms with van der Waals surface area (Å²) >= 11 is 0. The first-order chi connectivity index (χ1) is 10.0. The number of rotatable bonds is 5. The molecule has 4 nitrogen and oxygen atoms in total. The number of nitrogens with zero attached hydrogens (tertiary/aromatic N) is 1. The second kappa shape index (κ2) is 6.57. The molecule has 112 valence electrons. The van der Waals surface area contributed by atoms with E-state index in [0.717, 1.165) is 18.4 Å². The Balaban J connectivity index is 2.23. The molecule has 1 N–H and O–H groups in total. The Labute approximate surface area is 125 Å². The highest BCUT2D eigenvalue weighted by molar-refractivity contribution is 5.93. The van der Waals surface area contributed by atoms with Crippen molar-refractivity contribution in [2.45, 2.75) is 46.6 Å². The number of oxazole rings is 1. The van der Waals surface area contributed by atoms with Crippen LogP contribution < -0.4 is 5.32 Å². The largest absolute Gasteiger partial charge is 0.441 e. The molecule has 1 atom stereocenters. The highest BCUT2D eigenvalue weighted by atomic mass is 16.4. The number of aromatic nitrogens is 1. The van der Waals surface area contributed by atoms with Gasteiger partial charge in [-0.1, -0.05) is 26.0 Å². The number of carbonyl (C=O) groups is 1. The summed E-state index contributed by atoms with van der Waals surface area (Å²) in [5, 5.41) is 2.91. The number of carbonyl (C=O) groups excluding carboxylic acids is 1. The standard InChI is InChI=1S/C17H22N2O2/c1-5-11(3)18-16(20)15-12(4)21-17(19-15)14-9-7-13(6-2)8-10-14/h7-11H,5-6H2,1-4H3,(H,18,20). The van der Waals surface area contributed by atoms with Crippen molar-refractivity contribution >= 4 is 5.91 Å². The van der Waals surface area contributed by atoms with Gasteiger partial charge in [-0.3, -0.25) is 4.79 Å². The van der Waals surface area contributed by atoms with Crippen LogP contribution in [0.15, 0.2) is 28.7 Å². The monoisotopic (exact) mass is 286 g/mol. The van der Waals surface area contributed by atoms with Gasteiger partial charge in [-0.2, -0.15) is 0 Å². The number of amides is 1. The molecule has 1 aromatic heterocycles. The van der Waals surface area contributed by atoms with Crippen molar-refractivity contribution in [3.63, 3.8) is 0 Å². The minimum absolute atomic E-state index is 0.126. The Hall–Kier alpha value is -2.10. The van der Waals surface area contributed by atoms with Crippen molar-refractivity contribution in [3.8, 4) is 11.5 Å². The molecule has 0 radical (unpaired) electrons. The van der Waals surface area contributed by atoms with Crippen molar-refractivity contribution in [2.24, 2.45) is 0 Å². The van der Waals surface area contributed by atoms with Gasteiger partial charge in [-0.25, -0.2) is 4.98 Å². The Kier molecular flexibility index (Phi) is 4.78. The Bertz CT molecular complexity index is 614. The smallest absolute Gasteiger partial charge is 0.273 e. The lowest BCUT2D eigenvalue weighted by molar-refractivity contribution is 0.0933. The topological polar surface area (TPSA) is 55.1 Å². The molecule has 1 heterocycles. The van der Waals surface area contributed by atoms with Crippen molar-refractivity contribution in [3.05, 3.63) is 41.3 Å². The molecule has 0 aliphatic carbocycles. The zero-order valence-corrected chi connectivity index (χ0v) is 13.1. The maximum absolute atomic E-state index is 12.1. The van der Waals surface area contributed by atoms with Gasteiger partial charge >= 0.3 is 0 Å². The molecule has 0 bridgehead atoms. The van der Waals surface area contributed by atoms with E-state index in [-0.39, 0.29) is 11.9 Å². The minimum atomic E-state index is -0.179. The fraction of sp³-hybridized carbons (Fsp3) is 0.412. The summed E-state index contributed by atoms with van der Waals surface area (Å²) in [6.45, 7) is 7.88. The van der Waals surface area contributed by atoms with Gasteiger partial charge in [0.05, 0.1) is 0 Å². The van der Waals surface area contributed by atoms with E-state index in [1.807, 2.05) is 38.1 Å². The summed E-state index contributed by atoms with van der Waals surface area (Å²) < 4.78 is 5.64. The van der Waals surface area contributed by atoms with Crippen LogP contribution in [-0.4, -0.2) is 16.9 Å². The van der Waals surface area contributed by atoms with Gasteiger partial charge in [0.15, 0.2) is 5.69 Å². The molecule has 4 heteroatoms. The zero-order valence-electron chi connectivity index (χ0n) is 13.1. The minimum Gasteiger partial charge on any atom is -0.441 e. The summed E-state index contributed by atoms with van der Waals surface area (Å²) in [6, 6.07) is 8.17. The molecule has 2 aromatic rings. The average molecular weight is 286 g/mol. The highest BCUT2D eigenvalue weighted by Gasteiger charge is 2.19. The molecule has 2 rings (SSSR count). The normalized spacial score (nSPS) is 12.2. The second-order valence-electron chi connectivity index (χ2n) is 5.26. The first-order valence-electron chi connectivity index (χ1n) is 7.42. The van der Waals surface area contributed by atoms with Gasteiger partial charge < -0.3 is 9.73 Å². The van der Waals surface area contributed by atoms with Crippen molar-refractivity contribution in [1.29, 1.82) is 0 Å². The van der Waals surface area contributed by atoms with E-state index in [4.69, 9.17) is 4.42 Å². The van der Waals surface area contributed by atoms with Crippen molar-refractivity contribution in [2.75, 3.05) is 0 Å². The maximum Gasteiger partial charge on any atom is 0.273 e. The lowest BCUT2D eigenvalue weighted by atomic mass is 10.1. The van der Waals surface area contributed by atoms with E-state index in [2.05, 4.69) is 17.2 Å². The lowest BCUT2D eigenvalue weighted by Gasteiger charge is -2.09. The fourth-order valence-electron chi connectivity index (χ4n) is 2.01. The number of hydrogen-bond donors (Lipinski definition) is 1. The maximum atomic E-state index is 12.1. The quantitative estimate of drug-likeness (QED) is 0.911. The summed E-state index contributed by atoms with van der Waals surface area (Å²) in [4.78, 5) is 16.5. The Morgan fingerprint density at radius 3 is 2.52 bits per heavy atom. The van der Waals surface area contributed by atoms with Crippen LogP contribution in [-0.2, 0) is 6.42 Å². The van der Waals surface area contributed by atoms with E-state index >= 15 is 0 Å². The highest BCUT2D eigenvalue weighted by Crippen LogP contribution is 2.22. The third kappa shape index (κ3) is 3.51. The van der Waals surface area contributed by atoms with Crippen LogP contribution in [0.5, 0.6) is 0 Å². The predicted octanol–water partition coefficient (Wildman–Crippen LogP) is 3.74. The SMILES string of the molecule is CCc1ccc(-c2nc(C(=O)NC(C)CC)c(C)o2)cc1. The van der Waals surface area contributed by atoms with E-state index in [1.54, 1.807) is 6.92 Å². The summed E-state index contributed by atoms with van der Waals surface area (Å²) in [5.74, 6) is 0.858. The third-order valence-electron chi connectivity index (χ3n) is 3.61. The van der Waals surface area contributed by atoms with E-state index in [0.29, 0.717) is 17.3 Å². The van der Waals surface area contributed by atoms with Gasteiger partial charge in [0.25, 0.3) is 5.91 Å². The molecular weight excluding hydrogens is 264 g/mol. The number of nitrogens with one attached hydrogen (secondary N) is 1. The second-order valence-corrected chi connectivity index (χ2v) is 5.26. The van der Waals surface area contributed by atoms with Crippen molar-refractivity contribution in [1.82, 2.24) is 10.3 Å². The van der Waals surface area contributed by atoms with Gasteiger partial charge in [0.1, 0.15) is 5.76 Å². The van der Waals surface area contributed by atoms with Crippen LogP contribution in [0.4, 0.5) is 0 Å². The summed E-state index contributed by atoms with van der Waals surface area (Å²) in [6.07, 6.45) is 1.88. The lowest BCUT2D eigenvalue weighted by Crippen LogP contribution is -2.32. The van der Waals surface area contributed by atoms with Crippen LogP contribution in [0.1, 0.15) is 49.0 Å². The van der Waals surface area contributed by atoms with Crippen LogP contribution in [0, 0.1) is 6.92 Å². The fourth-order valence-corrected chi connectivity index (χ4v) is 2.01. The van der Waals surface area contributed by atoms with Crippen LogP contribution >= 0.6 is 0 Å². The van der Waals surface area contributed by atoms with Gasteiger partial charge in [-0.15, -0.1) is 0 Å². The molecule has 1 amide bonds. The molecule has 0 aliphatic rings. The molecule has 21 heavy (non-hydrogen) atoms. The molecule has 1 unspecified atom stereocenters. The van der Waals surface area contributed by atoms with Gasteiger partial charge in [0, 0.05) is 11.6 Å². The van der Waals surface area contributed by atoms with E-state index in [9.17, 15) is 4.79 Å².